The van der Waals surface area contributed by atoms with Crippen LogP contribution in [0.3, 0.4) is 0 Å². The molecular formula is C12H14O3. The van der Waals surface area contributed by atoms with Crippen molar-refractivity contribution in [2.75, 3.05) is 14.2 Å². The highest BCUT2D eigenvalue weighted by Crippen LogP contribution is 2.48. The Morgan fingerprint density at radius 1 is 1.27 bits per heavy atom. The van der Waals surface area contributed by atoms with Gasteiger partial charge in [-0.05, 0) is 30.0 Å². The first-order chi connectivity index (χ1) is 7.26. The topological polar surface area (TPSA) is 35.5 Å². The highest BCUT2D eigenvalue weighted by atomic mass is 16.5. The number of benzene rings is 1. The van der Waals surface area contributed by atoms with Crippen molar-refractivity contribution >= 4 is 5.97 Å². The Morgan fingerprint density at radius 3 is 2.47 bits per heavy atom. The molecule has 1 aromatic carbocycles. The molecule has 0 N–H and O–H groups in total. The van der Waals surface area contributed by atoms with Gasteiger partial charge >= 0.3 is 5.97 Å². The van der Waals surface area contributed by atoms with E-state index < -0.39 is 0 Å². The molecule has 0 aliphatic heterocycles. The van der Waals surface area contributed by atoms with Crippen LogP contribution in [0.15, 0.2) is 24.3 Å². The van der Waals surface area contributed by atoms with Crippen LogP contribution in [-0.2, 0) is 9.53 Å². The molecule has 2 rings (SSSR count). The molecular weight excluding hydrogens is 192 g/mol. The van der Waals surface area contributed by atoms with Crippen LogP contribution < -0.4 is 4.74 Å². The standard InChI is InChI=1S/C12H14O3/c1-14-9-5-3-8(4-6-9)10-7-11(10)12(13)15-2/h3-6,10-11H,7H2,1-2H3/t10-,11-/m1/s1. The number of methoxy groups -OCH3 is 2. The molecule has 3 nitrogen and oxygen atoms in total. The van der Waals surface area contributed by atoms with E-state index >= 15 is 0 Å². The van der Waals surface area contributed by atoms with Crippen LogP contribution >= 0.6 is 0 Å². The van der Waals surface area contributed by atoms with Crippen molar-refractivity contribution in [1.29, 1.82) is 0 Å². The number of hydrogen-bond donors (Lipinski definition) is 0. The number of carbonyl (C=O) groups is 1. The Bertz CT molecular complexity index is 356. The van der Waals surface area contributed by atoms with E-state index in [4.69, 9.17) is 9.47 Å². The van der Waals surface area contributed by atoms with Crippen LogP contribution in [0.2, 0.25) is 0 Å². The summed E-state index contributed by atoms with van der Waals surface area (Å²) in [6.45, 7) is 0. The van der Waals surface area contributed by atoms with E-state index in [1.165, 1.54) is 12.7 Å². The Hall–Kier alpha value is -1.51. The van der Waals surface area contributed by atoms with Gasteiger partial charge in [-0.1, -0.05) is 12.1 Å². The molecule has 0 heterocycles. The molecule has 1 aliphatic rings. The first-order valence-corrected chi connectivity index (χ1v) is 4.98. The van der Waals surface area contributed by atoms with E-state index in [1.807, 2.05) is 24.3 Å². The Balaban J connectivity index is 2.04. The average Bonchev–Trinajstić information content (AvgIpc) is 3.08. The molecule has 1 fully saturated rings. The zero-order chi connectivity index (χ0) is 10.8. The third kappa shape index (κ3) is 1.96. The predicted octanol–water partition coefficient (Wildman–Crippen LogP) is 1.97. The summed E-state index contributed by atoms with van der Waals surface area (Å²) in [5.74, 6) is 1.14. The van der Waals surface area contributed by atoms with Gasteiger partial charge in [0.1, 0.15) is 5.75 Å². The van der Waals surface area contributed by atoms with Crippen LogP contribution in [0.1, 0.15) is 17.9 Å². The summed E-state index contributed by atoms with van der Waals surface area (Å²) in [7, 11) is 3.08. The molecule has 0 saturated heterocycles. The van der Waals surface area contributed by atoms with Gasteiger partial charge in [0.05, 0.1) is 20.1 Å². The van der Waals surface area contributed by atoms with E-state index in [-0.39, 0.29) is 11.9 Å². The zero-order valence-corrected chi connectivity index (χ0v) is 8.90. The third-order valence-electron chi connectivity index (χ3n) is 2.84. The summed E-state index contributed by atoms with van der Waals surface area (Å²) in [6.07, 6.45) is 0.902. The highest BCUT2D eigenvalue weighted by molar-refractivity contribution is 5.77. The van der Waals surface area contributed by atoms with Crippen LogP contribution in [0.4, 0.5) is 0 Å². The van der Waals surface area contributed by atoms with Crippen LogP contribution in [0.25, 0.3) is 0 Å². The second-order valence-corrected chi connectivity index (χ2v) is 3.75. The molecule has 80 valence electrons. The van der Waals surface area contributed by atoms with Crippen molar-refractivity contribution in [3.63, 3.8) is 0 Å². The zero-order valence-electron chi connectivity index (χ0n) is 8.90. The van der Waals surface area contributed by atoms with E-state index in [2.05, 4.69) is 0 Å². The fourth-order valence-corrected chi connectivity index (χ4v) is 1.83. The summed E-state index contributed by atoms with van der Waals surface area (Å²) >= 11 is 0. The van der Waals surface area contributed by atoms with Crippen molar-refractivity contribution in [1.82, 2.24) is 0 Å². The van der Waals surface area contributed by atoms with Crippen LogP contribution in [0.5, 0.6) is 5.75 Å². The largest absolute Gasteiger partial charge is 0.497 e. The molecule has 1 aliphatic carbocycles. The van der Waals surface area contributed by atoms with Gasteiger partial charge in [0.25, 0.3) is 0 Å². The fourth-order valence-electron chi connectivity index (χ4n) is 1.83. The molecule has 0 bridgehead atoms. The van der Waals surface area contributed by atoms with Gasteiger partial charge in [-0.2, -0.15) is 0 Å². The normalized spacial score (nSPS) is 23.3. The van der Waals surface area contributed by atoms with Crippen molar-refractivity contribution < 1.29 is 14.3 Å². The van der Waals surface area contributed by atoms with Crippen molar-refractivity contribution in [3.8, 4) is 5.75 Å². The van der Waals surface area contributed by atoms with E-state index in [0.29, 0.717) is 5.92 Å². The van der Waals surface area contributed by atoms with Crippen LogP contribution in [-0.4, -0.2) is 20.2 Å². The molecule has 1 aromatic rings. The molecule has 15 heavy (non-hydrogen) atoms. The first-order valence-electron chi connectivity index (χ1n) is 4.98. The number of esters is 1. The quantitative estimate of drug-likeness (QED) is 0.709. The lowest BCUT2D eigenvalue weighted by Crippen LogP contribution is -2.03. The van der Waals surface area contributed by atoms with Crippen molar-refractivity contribution in [3.05, 3.63) is 29.8 Å². The second-order valence-electron chi connectivity index (χ2n) is 3.75. The number of ether oxygens (including phenoxy) is 2. The lowest BCUT2D eigenvalue weighted by atomic mass is 10.1. The fraction of sp³-hybridized carbons (Fsp3) is 0.417. The summed E-state index contributed by atoms with van der Waals surface area (Å²) in [5, 5.41) is 0. The maximum absolute atomic E-state index is 11.2. The number of hydrogen-bond acceptors (Lipinski definition) is 3. The third-order valence-corrected chi connectivity index (χ3v) is 2.84. The lowest BCUT2D eigenvalue weighted by molar-refractivity contribution is -0.142. The molecule has 0 radical (unpaired) electrons. The van der Waals surface area contributed by atoms with Gasteiger partial charge in [-0.25, -0.2) is 0 Å². The maximum atomic E-state index is 11.2. The van der Waals surface area contributed by atoms with Crippen LogP contribution in [0, 0.1) is 5.92 Å². The maximum Gasteiger partial charge on any atom is 0.309 e. The molecule has 0 amide bonds. The Kier molecular flexibility index (Phi) is 2.62. The van der Waals surface area contributed by atoms with Gasteiger partial charge in [-0.15, -0.1) is 0 Å². The molecule has 0 unspecified atom stereocenters. The molecule has 0 aromatic heterocycles. The van der Waals surface area contributed by atoms with Crippen molar-refractivity contribution in [2.24, 2.45) is 5.92 Å². The second kappa shape index (κ2) is 3.93. The van der Waals surface area contributed by atoms with Gasteiger partial charge in [-0.3, -0.25) is 4.79 Å². The van der Waals surface area contributed by atoms with Crippen molar-refractivity contribution in [2.45, 2.75) is 12.3 Å². The first kappa shape index (κ1) is 10.0. The van der Waals surface area contributed by atoms with Gasteiger partial charge in [0, 0.05) is 0 Å². The Morgan fingerprint density at radius 2 is 1.93 bits per heavy atom. The Labute approximate surface area is 89.0 Å². The SMILES string of the molecule is COC(=O)[C@@H]1C[C@@H]1c1ccc(OC)cc1. The monoisotopic (exact) mass is 206 g/mol. The number of rotatable bonds is 3. The van der Waals surface area contributed by atoms with E-state index in [0.717, 1.165) is 12.2 Å². The van der Waals surface area contributed by atoms with E-state index in [9.17, 15) is 4.79 Å². The smallest absolute Gasteiger partial charge is 0.309 e. The minimum absolute atomic E-state index is 0.0587. The molecule has 0 spiro atoms. The average molecular weight is 206 g/mol. The van der Waals surface area contributed by atoms with E-state index in [1.54, 1.807) is 7.11 Å². The molecule has 1 saturated carbocycles. The predicted molar refractivity (Wildman–Crippen MR) is 55.9 cm³/mol. The van der Waals surface area contributed by atoms with Gasteiger partial charge in [0.15, 0.2) is 0 Å². The summed E-state index contributed by atoms with van der Waals surface area (Å²) in [4.78, 5) is 11.2. The lowest BCUT2D eigenvalue weighted by Gasteiger charge is -2.02. The minimum atomic E-state index is -0.101. The molecule has 2 atom stereocenters. The summed E-state index contributed by atoms with van der Waals surface area (Å²) in [5.41, 5.74) is 1.19. The molecule has 3 heteroatoms. The minimum Gasteiger partial charge on any atom is -0.497 e. The van der Waals surface area contributed by atoms with Gasteiger partial charge < -0.3 is 9.47 Å². The highest BCUT2D eigenvalue weighted by Gasteiger charge is 2.44. The van der Waals surface area contributed by atoms with Gasteiger partial charge in [0.2, 0.25) is 0 Å². The number of carbonyl (C=O) groups excluding carboxylic acids is 1. The summed E-state index contributed by atoms with van der Waals surface area (Å²) in [6, 6.07) is 7.85. The summed E-state index contributed by atoms with van der Waals surface area (Å²) < 4.78 is 9.78.